The van der Waals surface area contributed by atoms with E-state index in [-0.39, 0.29) is 0 Å². The smallest absolute Gasteiger partial charge is 0.0991 e. The third-order valence-electron chi connectivity index (χ3n) is 5.02. The highest BCUT2D eigenvalue weighted by Gasteiger charge is 2.28. The number of benzene rings is 1. The van der Waals surface area contributed by atoms with Crippen molar-refractivity contribution in [2.24, 2.45) is 5.92 Å². The van der Waals surface area contributed by atoms with Crippen LogP contribution >= 0.6 is 0 Å². The molecule has 0 spiro atoms. The molecule has 1 saturated carbocycles. The predicted molar refractivity (Wildman–Crippen MR) is 95.3 cm³/mol. The van der Waals surface area contributed by atoms with E-state index in [1.165, 1.54) is 44.1 Å². The quantitative estimate of drug-likeness (QED) is 0.615. The minimum absolute atomic E-state index is 0.415. The van der Waals surface area contributed by atoms with Crippen molar-refractivity contribution in [3.8, 4) is 6.07 Å². The van der Waals surface area contributed by atoms with Crippen molar-refractivity contribution in [3.63, 3.8) is 0 Å². The summed E-state index contributed by atoms with van der Waals surface area (Å²) in [5.74, 6) is 1.35. The molecule has 124 valence electrons. The number of rotatable bonds is 7. The molecule has 0 aliphatic heterocycles. The fourth-order valence-electron chi connectivity index (χ4n) is 3.67. The molecule has 0 bridgehead atoms. The van der Waals surface area contributed by atoms with Gasteiger partial charge < -0.3 is 4.74 Å². The van der Waals surface area contributed by atoms with Crippen molar-refractivity contribution in [2.75, 3.05) is 6.61 Å². The van der Waals surface area contributed by atoms with Crippen molar-refractivity contribution in [3.05, 3.63) is 47.5 Å². The molecule has 1 aromatic rings. The topological polar surface area (TPSA) is 33.0 Å². The van der Waals surface area contributed by atoms with Crippen LogP contribution in [0.25, 0.3) is 0 Å². The molecule has 0 heterocycles. The van der Waals surface area contributed by atoms with Gasteiger partial charge in [0.05, 0.1) is 24.3 Å². The van der Waals surface area contributed by atoms with E-state index in [1.807, 2.05) is 19.1 Å². The van der Waals surface area contributed by atoms with E-state index in [0.29, 0.717) is 17.9 Å². The van der Waals surface area contributed by atoms with E-state index in [4.69, 9.17) is 10.00 Å². The van der Waals surface area contributed by atoms with Crippen LogP contribution in [0.15, 0.2) is 36.4 Å². The highest BCUT2D eigenvalue weighted by molar-refractivity contribution is 5.33. The summed E-state index contributed by atoms with van der Waals surface area (Å²) in [6.45, 7) is 5.03. The third kappa shape index (κ3) is 5.22. The summed E-state index contributed by atoms with van der Waals surface area (Å²) in [4.78, 5) is 0. The van der Waals surface area contributed by atoms with Crippen molar-refractivity contribution in [1.29, 1.82) is 5.26 Å². The van der Waals surface area contributed by atoms with Gasteiger partial charge in [0.15, 0.2) is 0 Å². The van der Waals surface area contributed by atoms with Crippen LogP contribution in [0.1, 0.15) is 69.4 Å². The Labute approximate surface area is 141 Å². The molecular weight excluding hydrogens is 282 g/mol. The normalized spacial score (nSPS) is 22.8. The van der Waals surface area contributed by atoms with E-state index in [9.17, 15) is 0 Å². The summed E-state index contributed by atoms with van der Waals surface area (Å²) in [6.07, 6.45) is 11.9. The van der Waals surface area contributed by atoms with Gasteiger partial charge in [-0.3, -0.25) is 0 Å². The van der Waals surface area contributed by atoms with Gasteiger partial charge in [-0.25, -0.2) is 0 Å². The van der Waals surface area contributed by atoms with Crippen LogP contribution in [-0.4, -0.2) is 12.7 Å². The van der Waals surface area contributed by atoms with Gasteiger partial charge in [-0.15, -0.1) is 0 Å². The Morgan fingerprint density at radius 2 is 1.91 bits per heavy atom. The van der Waals surface area contributed by atoms with Crippen molar-refractivity contribution in [2.45, 2.75) is 64.4 Å². The number of nitriles is 1. The first-order chi connectivity index (χ1) is 11.3. The van der Waals surface area contributed by atoms with E-state index >= 15 is 0 Å². The first-order valence-corrected chi connectivity index (χ1v) is 9.01. The number of hydrogen-bond donors (Lipinski definition) is 0. The average Bonchev–Trinajstić information content (AvgIpc) is 2.61. The molecule has 1 aliphatic carbocycles. The van der Waals surface area contributed by atoms with Gasteiger partial charge in [0.1, 0.15) is 0 Å². The van der Waals surface area contributed by atoms with Gasteiger partial charge in [0.25, 0.3) is 0 Å². The zero-order valence-electron chi connectivity index (χ0n) is 14.5. The van der Waals surface area contributed by atoms with Gasteiger partial charge in [-0.05, 0) is 68.6 Å². The standard InChI is InChI=1S/C21H29NO/c1-3-5-15-23-21(6-4-2)20-13-11-19(12-14-20)18-9-7-17(16-22)8-10-18/h3,5,7-10,19-21H,4,6,11-15H2,1-2H3/b5-3+. The van der Waals surface area contributed by atoms with E-state index < -0.39 is 0 Å². The van der Waals surface area contributed by atoms with Crippen molar-refractivity contribution in [1.82, 2.24) is 0 Å². The van der Waals surface area contributed by atoms with Crippen LogP contribution in [0.3, 0.4) is 0 Å². The molecule has 0 radical (unpaired) electrons. The molecule has 1 atom stereocenters. The Morgan fingerprint density at radius 3 is 2.48 bits per heavy atom. The van der Waals surface area contributed by atoms with Crippen molar-refractivity contribution >= 4 is 0 Å². The lowest BCUT2D eigenvalue weighted by Gasteiger charge is -2.34. The first-order valence-electron chi connectivity index (χ1n) is 9.01. The summed E-state index contributed by atoms with van der Waals surface area (Å²) >= 11 is 0. The number of hydrogen-bond acceptors (Lipinski definition) is 2. The lowest BCUT2D eigenvalue weighted by molar-refractivity contribution is 0.00773. The minimum atomic E-state index is 0.415. The lowest BCUT2D eigenvalue weighted by atomic mass is 9.76. The van der Waals surface area contributed by atoms with Crippen LogP contribution in [0.5, 0.6) is 0 Å². The Kier molecular flexibility index (Phi) is 7.36. The van der Waals surface area contributed by atoms with E-state index in [0.717, 1.165) is 12.2 Å². The molecule has 1 fully saturated rings. The maximum absolute atomic E-state index is 8.91. The Balaban J connectivity index is 1.88. The molecule has 2 heteroatoms. The minimum Gasteiger partial charge on any atom is -0.374 e. The largest absolute Gasteiger partial charge is 0.374 e. The molecule has 23 heavy (non-hydrogen) atoms. The van der Waals surface area contributed by atoms with Gasteiger partial charge >= 0.3 is 0 Å². The number of ether oxygens (including phenoxy) is 1. The molecule has 1 aromatic carbocycles. The fraction of sp³-hybridized carbons (Fsp3) is 0.571. The zero-order chi connectivity index (χ0) is 16.5. The molecule has 1 unspecified atom stereocenters. The van der Waals surface area contributed by atoms with E-state index in [2.05, 4.69) is 37.3 Å². The molecule has 0 N–H and O–H groups in total. The Bertz CT molecular complexity index is 518. The Hall–Kier alpha value is -1.59. The van der Waals surface area contributed by atoms with Gasteiger partial charge in [-0.1, -0.05) is 37.6 Å². The van der Waals surface area contributed by atoms with Crippen LogP contribution < -0.4 is 0 Å². The second kappa shape index (κ2) is 9.53. The number of allylic oxidation sites excluding steroid dienone is 1. The summed E-state index contributed by atoms with van der Waals surface area (Å²) < 4.78 is 6.11. The monoisotopic (exact) mass is 311 g/mol. The molecular formula is C21H29NO. The highest BCUT2D eigenvalue weighted by atomic mass is 16.5. The highest BCUT2D eigenvalue weighted by Crippen LogP contribution is 2.38. The number of nitrogens with zero attached hydrogens (tertiary/aromatic N) is 1. The van der Waals surface area contributed by atoms with Crippen molar-refractivity contribution < 1.29 is 4.74 Å². The third-order valence-corrected chi connectivity index (χ3v) is 5.02. The van der Waals surface area contributed by atoms with Gasteiger partial charge in [0, 0.05) is 0 Å². The summed E-state index contributed by atoms with van der Waals surface area (Å²) in [5.41, 5.74) is 2.15. The van der Waals surface area contributed by atoms with Gasteiger partial charge in [0.2, 0.25) is 0 Å². The average molecular weight is 311 g/mol. The maximum Gasteiger partial charge on any atom is 0.0991 e. The SMILES string of the molecule is C/C=C/COC(CCC)C1CCC(c2ccc(C#N)cc2)CC1. The fourth-order valence-corrected chi connectivity index (χ4v) is 3.67. The maximum atomic E-state index is 8.91. The van der Waals surface area contributed by atoms with Crippen LogP contribution in [0.4, 0.5) is 0 Å². The van der Waals surface area contributed by atoms with Gasteiger partial charge in [-0.2, -0.15) is 5.26 Å². The van der Waals surface area contributed by atoms with Crippen LogP contribution in [0.2, 0.25) is 0 Å². The second-order valence-electron chi connectivity index (χ2n) is 6.58. The molecule has 0 saturated heterocycles. The molecule has 0 amide bonds. The van der Waals surface area contributed by atoms with Crippen LogP contribution in [0, 0.1) is 17.2 Å². The molecule has 1 aliphatic rings. The van der Waals surface area contributed by atoms with Crippen LogP contribution in [-0.2, 0) is 4.74 Å². The predicted octanol–water partition coefficient (Wildman–Crippen LogP) is 5.59. The molecule has 2 nitrogen and oxygen atoms in total. The first kappa shape index (κ1) is 17.8. The summed E-state index contributed by atoms with van der Waals surface area (Å²) in [7, 11) is 0. The summed E-state index contributed by atoms with van der Waals surface area (Å²) in [5, 5.41) is 8.91. The molecule has 0 aromatic heterocycles. The molecule has 2 rings (SSSR count). The lowest BCUT2D eigenvalue weighted by Crippen LogP contribution is -2.28. The van der Waals surface area contributed by atoms with E-state index in [1.54, 1.807) is 0 Å². The summed E-state index contributed by atoms with van der Waals surface area (Å²) in [6, 6.07) is 10.4. The second-order valence-corrected chi connectivity index (χ2v) is 6.58. The Morgan fingerprint density at radius 1 is 1.22 bits per heavy atom. The zero-order valence-corrected chi connectivity index (χ0v) is 14.5.